The molecule has 108 valence electrons. The summed E-state index contributed by atoms with van der Waals surface area (Å²) in [5, 5.41) is 0. The Hall–Kier alpha value is -1.38. The van der Waals surface area contributed by atoms with Gasteiger partial charge in [0.05, 0.1) is 0 Å². The lowest BCUT2D eigenvalue weighted by molar-refractivity contribution is -0.137. The van der Waals surface area contributed by atoms with Gasteiger partial charge >= 0.3 is 0 Å². The molecule has 2 bridgehead atoms. The topological polar surface area (TPSA) is 37.4 Å². The first-order valence-corrected chi connectivity index (χ1v) is 7.82. The number of rotatable bonds is 5. The van der Waals surface area contributed by atoms with E-state index in [2.05, 4.69) is 6.08 Å². The first-order valence-electron chi connectivity index (χ1n) is 7.82. The van der Waals surface area contributed by atoms with Gasteiger partial charge in [-0.1, -0.05) is 11.6 Å². The van der Waals surface area contributed by atoms with Crippen molar-refractivity contribution in [3.63, 3.8) is 0 Å². The lowest BCUT2D eigenvalue weighted by atomic mass is 9.94. The summed E-state index contributed by atoms with van der Waals surface area (Å²) in [4.78, 5) is 25.2. The van der Waals surface area contributed by atoms with Crippen LogP contribution in [0.2, 0.25) is 0 Å². The molecule has 0 saturated heterocycles. The van der Waals surface area contributed by atoms with Gasteiger partial charge in [-0.2, -0.15) is 0 Å². The van der Waals surface area contributed by atoms with Gasteiger partial charge in [0.2, 0.25) is 0 Å². The zero-order valence-corrected chi connectivity index (χ0v) is 12.4. The molecule has 0 aromatic carbocycles. The maximum atomic E-state index is 11.9. The first-order chi connectivity index (χ1) is 9.58. The minimum atomic E-state index is -0.0911. The molecule has 3 aliphatic rings. The Labute approximate surface area is 120 Å². The Morgan fingerprint density at radius 3 is 2.35 bits per heavy atom. The molecule has 0 spiro atoms. The minimum absolute atomic E-state index is 0.0911. The molecular weight excluding hydrogens is 250 g/mol. The lowest BCUT2D eigenvalue weighted by Gasteiger charge is -2.16. The highest BCUT2D eigenvalue weighted by atomic mass is 16.2. The van der Waals surface area contributed by atoms with Crippen molar-refractivity contribution in [2.45, 2.75) is 52.4 Å². The largest absolute Gasteiger partial charge is 0.275 e. The summed E-state index contributed by atoms with van der Waals surface area (Å²) < 4.78 is 0. The average Bonchev–Trinajstić information content (AvgIpc) is 3.10. The Morgan fingerprint density at radius 2 is 1.80 bits per heavy atom. The molecule has 3 rings (SSSR count). The van der Waals surface area contributed by atoms with Crippen LogP contribution in [0, 0.1) is 11.8 Å². The van der Waals surface area contributed by atoms with Gasteiger partial charge in [0.15, 0.2) is 0 Å². The van der Waals surface area contributed by atoms with E-state index in [0.29, 0.717) is 17.7 Å². The number of carbonyl (C=O) groups is 2. The summed E-state index contributed by atoms with van der Waals surface area (Å²) in [5.74, 6) is 1.52. The fraction of sp³-hybridized carbons (Fsp3) is 0.647. The molecule has 1 heterocycles. The number of hydrogen-bond donors (Lipinski definition) is 0. The Kier molecular flexibility index (Phi) is 3.53. The van der Waals surface area contributed by atoms with Crippen LogP contribution in [0.4, 0.5) is 0 Å². The fourth-order valence-electron chi connectivity index (χ4n) is 3.85. The van der Waals surface area contributed by atoms with Crippen LogP contribution < -0.4 is 0 Å². The van der Waals surface area contributed by atoms with Crippen molar-refractivity contribution in [2.24, 2.45) is 11.8 Å². The predicted octanol–water partition coefficient (Wildman–Crippen LogP) is 3.22. The van der Waals surface area contributed by atoms with E-state index in [1.165, 1.54) is 24.2 Å². The molecular formula is C17H23NO2. The highest BCUT2D eigenvalue weighted by molar-refractivity contribution is 6.18. The van der Waals surface area contributed by atoms with Gasteiger partial charge in [0.1, 0.15) is 0 Å². The molecule has 2 aliphatic carbocycles. The highest BCUT2D eigenvalue weighted by Gasteiger charge is 2.33. The molecule has 2 unspecified atom stereocenters. The number of nitrogens with zero attached hydrogens (tertiary/aromatic N) is 1. The van der Waals surface area contributed by atoms with E-state index >= 15 is 0 Å². The monoisotopic (exact) mass is 273 g/mol. The number of imide groups is 1. The number of hydrogen-bond acceptors (Lipinski definition) is 2. The predicted molar refractivity (Wildman–Crippen MR) is 77.9 cm³/mol. The van der Waals surface area contributed by atoms with E-state index in [1.807, 2.05) is 0 Å². The normalized spacial score (nSPS) is 28.9. The fourth-order valence-corrected chi connectivity index (χ4v) is 3.85. The van der Waals surface area contributed by atoms with Crippen LogP contribution >= 0.6 is 0 Å². The maximum absolute atomic E-state index is 11.9. The standard InChI is InChI=1S/C17H23NO2/c1-11-12(2)17(20)18(16(11)19)8-4-3-5-14-9-13-6-7-15(14)10-13/h9,13,15H,3-8,10H2,1-2H3. The van der Waals surface area contributed by atoms with Crippen LogP contribution in [0.5, 0.6) is 0 Å². The molecule has 2 atom stereocenters. The molecule has 3 heteroatoms. The van der Waals surface area contributed by atoms with E-state index in [4.69, 9.17) is 0 Å². The van der Waals surface area contributed by atoms with Gasteiger partial charge in [-0.3, -0.25) is 14.5 Å². The number of carbonyl (C=O) groups excluding carboxylic acids is 2. The van der Waals surface area contributed by atoms with Crippen LogP contribution in [0.25, 0.3) is 0 Å². The third kappa shape index (κ3) is 2.23. The molecule has 1 aliphatic heterocycles. The third-order valence-electron chi connectivity index (χ3n) is 5.24. The highest BCUT2D eigenvalue weighted by Crippen LogP contribution is 2.45. The van der Waals surface area contributed by atoms with Gasteiger partial charge in [0, 0.05) is 17.7 Å². The summed E-state index contributed by atoms with van der Waals surface area (Å²) >= 11 is 0. The van der Waals surface area contributed by atoms with Crippen molar-refractivity contribution >= 4 is 11.8 Å². The van der Waals surface area contributed by atoms with Crippen molar-refractivity contribution in [1.82, 2.24) is 4.90 Å². The SMILES string of the molecule is CC1=C(C)C(=O)N(CCCCC2=CC3CCC2C3)C1=O. The molecule has 1 saturated carbocycles. The van der Waals surface area contributed by atoms with Crippen LogP contribution in [0.15, 0.2) is 22.8 Å². The van der Waals surface area contributed by atoms with Gasteiger partial charge in [0.25, 0.3) is 11.8 Å². The van der Waals surface area contributed by atoms with E-state index in [0.717, 1.165) is 31.1 Å². The molecule has 1 fully saturated rings. The van der Waals surface area contributed by atoms with Crippen molar-refractivity contribution < 1.29 is 9.59 Å². The summed E-state index contributed by atoms with van der Waals surface area (Å²) in [7, 11) is 0. The van der Waals surface area contributed by atoms with E-state index in [9.17, 15) is 9.59 Å². The smallest absolute Gasteiger partial charge is 0.256 e. The quantitative estimate of drug-likeness (QED) is 0.438. The van der Waals surface area contributed by atoms with Crippen molar-refractivity contribution in [2.75, 3.05) is 6.54 Å². The van der Waals surface area contributed by atoms with Crippen LogP contribution in [-0.4, -0.2) is 23.3 Å². The van der Waals surface area contributed by atoms with E-state index in [-0.39, 0.29) is 11.8 Å². The van der Waals surface area contributed by atoms with Crippen molar-refractivity contribution in [1.29, 1.82) is 0 Å². The lowest BCUT2D eigenvalue weighted by Crippen LogP contribution is -2.32. The van der Waals surface area contributed by atoms with Gasteiger partial charge in [-0.15, -0.1) is 0 Å². The second kappa shape index (κ2) is 5.19. The van der Waals surface area contributed by atoms with Crippen LogP contribution in [0.1, 0.15) is 52.4 Å². The average molecular weight is 273 g/mol. The Morgan fingerprint density at radius 1 is 1.10 bits per heavy atom. The molecule has 20 heavy (non-hydrogen) atoms. The number of amides is 2. The third-order valence-corrected chi connectivity index (χ3v) is 5.24. The summed E-state index contributed by atoms with van der Waals surface area (Å²) in [5.41, 5.74) is 2.88. The molecule has 2 amide bonds. The summed E-state index contributed by atoms with van der Waals surface area (Å²) in [6.45, 7) is 4.07. The second-order valence-electron chi connectivity index (χ2n) is 6.48. The maximum Gasteiger partial charge on any atom is 0.256 e. The summed E-state index contributed by atoms with van der Waals surface area (Å²) in [6.07, 6.45) is 9.79. The van der Waals surface area contributed by atoms with Gasteiger partial charge in [-0.25, -0.2) is 0 Å². The summed E-state index contributed by atoms with van der Waals surface area (Å²) in [6, 6.07) is 0. The minimum Gasteiger partial charge on any atom is -0.275 e. The Bertz CT molecular complexity index is 491. The van der Waals surface area contributed by atoms with Crippen molar-refractivity contribution in [3.05, 3.63) is 22.8 Å². The zero-order valence-electron chi connectivity index (χ0n) is 12.4. The molecule has 0 N–H and O–H groups in total. The molecule has 0 aromatic rings. The van der Waals surface area contributed by atoms with E-state index in [1.54, 1.807) is 19.4 Å². The van der Waals surface area contributed by atoms with Gasteiger partial charge in [-0.05, 0) is 64.2 Å². The zero-order chi connectivity index (χ0) is 14.3. The van der Waals surface area contributed by atoms with E-state index < -0.39 is 0 Å². The number of allylic oxidation sites excluding steroid dienone is 2. The molecule has 0 radical (unpaired) electrons. The van der Waals surface area contributed by atoms with Crippen molar-refractivity contribution in [3.8, 4) is 0 Å². The first kappa shape index (κ1) is 13.6. The number of fused-ring (bicyclic) bond motifs is 2. The second-order valence-corrected chi connectivity index (χ2v) is 6.48. The number of unbranched alkanes of at least 4 members (excludes halogenated alkanes) is 1. The van der Waals surface area contributed by atoms with Gasteiger partial charge < -0.3 is 0 Å². The van der Waals surface area contributed by atoms with Crippen LogP contribution in [-0.2, 0) is 9.59 Å². The molecule has 3 nitrogen and oxygen atoms in total. The molecule has 0 aromatic heterocycles. The Balaban J connectivity index is 1.44. The van der Waals surface area contributed by atoms with Crippen LogP contribution in [0.3, 0.4) is 0 Å².